The van der Waals surface area contributed by atoms with E-state index in [9.17, 15) is 18.0 Å². The van der Waals surface area contributed by atoms with Crippen molar-refractivity contribution in [3.8, 4) is 0 Å². The van der Waals surface area contributed by atoms with Crippen molar-refractivity contribution < 1.29 is 23.1 Å². The smallest absolute Gasteiger partial charge is 0.441 e. The summed E-state index contributed by atoms with van der Waals surface area (Å²) in [6, 6.07) is 0. The molecular weight excluding hydrogens is 193 g/mol. The van der Waals surface area contributed by atoms with Crippen LogP contribution in [-0.4, -0.2) is 22.3 Å². The van der Waals surface area contributed by atoms with Crippen LogP contribution in [0.1, 0.15) is 19.3 Å². The number of alkyl halides is 3. The molecule has 0 aromatic rings. The number of aliphatic carboxylic acids is 1. The van der Waals surface area contributed by atoms with Gasteiger partial charge in [0.05, 0.1) is 0 Å². The molecule has 0 aromatic heterocycles. The van der Waals surface area contributed by atoms with Crippen molar-refractivity contribution in [2.24, 2.45) is 0 Å². The van der Waals surface area contributed by atoms with E-state index in [0.29, 0.717) is 6.42 Å². The van der Waals surface area contributed by atoms with Gasteiger partial charge in [-0.2, -0.15) is 13.2 Å². The Morgan fingerprint density at radius 1 is 1.33 bits per heavy atom. The van der Waals surface area contributed by atoms with Crippen LogP contribution in [0.2, 0.25) is 0 Å². The average Bonchev–Trinajstić information content (AvgIpc) is 1.83. The fourth-order valence-corrected chi connectivity index (χ4v) is 1.15. The van der Waals surface area contributed by atoms with E-state index in [1.807, 2.05) is 0 Å². The lowest BCUT2D eigenvalue weighted by Gasteiger charge is -2.03. The molecule has 0 aliphatic heterocycles. The van der Waals surface area contributed by atoms with E-state index in [0.717, 1.165) is 0 Å². The lowest BCUT2D eigenvalue weighted by Crippen LogP contribution is -2.02. The van der Waals surface area contributed by atoms with Crippen molar-refractivity contribution in [2.45, 2.75) is 24.8 Å². The van der Waals surface area contributed by atoms with Crippen molar-refractivity contribution >= 4 is 17.7 Å². The minimum Gasteiger partial charge on any atom is -0.481 e. The number of unbranched alkanes of at least 4 members (excludes halogenated alkanes) is 1. The highest BCUT2D eigenvalue weighted by Crippen LogP contribution is 2.30. The van der Waals surface area contributed by atoms with E-state index in [1.165, 1.54) is 0 Å². The Balaban J connectivity index is 3.17. The number of rotatable bonds is 5. The molecule has 0 aliphatic carbocycles. The fourth-order valence-electron chi connectivity index (χ4n) is 0.566. The van der Waals surface area contributed by atoms with Gasteiger partial charge in [0.2, 0.25) is 0 Å². The van der Waals surface area contributed by atoms with Gasteiger partial charge in [-0.1, -0.05) is 11.8 Å². The maximum Gasteiger partial charge on any atom is 0.441 e. The molecule has 0 spiro atoms. The Labute approximate surface area is 72.1 Å². The van der Waals surface area contributed by atoms with Gasteiger partial charge in [0.25, 0.3) is 0 Å². The molecule has 2 nitrogen and oxygen atoms in total. The molecule has 0 atom stereocenters. The minimum absolute atomic E-state index is 0.0571. The second kappa shape index (κ2) is 5.29. The SMILES string of the molecule is O=C(O)CCCCSC(F)(F)F. The van der Waals surface area contributed by atoms with Crippen molar-refractivity contribution in [3.05, 3.63) is 0 Å². The first kappa shape index (κ1) is 11.6. The molecule has 0 rings (SSSR count). The van der Waals surface area contributed by atoms with Gasteiger partial charge >= 0.3 is 11.5 Å². The number of hydrogen-bond acceptors (Lipinski definition) is 2. The second-order valence-corrected chi connectivity index (χ2v) is 3.30. The number of hydrogen-bond donors (Lipinski definition) is 1. The summed E-state index contributed by atoms with van der Waals surface area (Å²) in [6.07, 6.45) is 0.535. The van der Waals surface area contributed by atoms with E-state index in [4.69, 9.17) is 5.11 Å². The topological polar surface area (TPSA) is 37.3 Å². The summed E-state index contributed by atoms with van der Waals surface area (Å²) in [4.78, 5) is 9.93. The van der Waals surface area contributed by atoms with Crippen LogP contribution < -0.4 is 0 Å². The van der Waals surface area contributed by atoms with Gasteiger partial charge in [0, 0.05) is 12.2 Å². The highest BCUT2D eigenvalue weighted by atomic mass is 32.2. The summed E-state index contributed by atoms with van der Waals surface area (Å²) in [5.41, 5.74) is -4.19. The Morgan fingerprint density at radius 3 is 2.33 bits per heavy atom. The van der Waals surface area contributed by atoms with E-state index in [-0.39, 0.29) is 30.4 Å². The zero-order valence-corrected chi connectivity index (χ0v) is 7.04. The molecule has 12 heavy (non-hydrogen) atoms. The van der Waals surface area contributed by atoms with Crippen molar-refractivity contribution in [3.63, 3.8) is 0 Å². The average molecular weight is 202 g/mol. The van der Waals surface area contributed by atoms with Crippen LogP contribution in [0.3, 0.4) is 0 Å². The number of carbonyl (C=O) groups is 1. The van der Waals surface area contributed by atoms with Crippen LogP contribution in [0.25, 0.3) is 0 Å². The standard InChI is InChI=1S/C6H9F3O2S/c7-6(8,9)12-4-2-1-3-5(10)11/h1-4H2,(H,10,11). The maximum absolute atomic E-state index is 11.5. The van der Waals surface area contributed by atoms with E-state index < -0.39 is 11.5 Å². The zero-order valence-electron chi connectivity index (χ0n) is 6.23. The first-order valence-electron chi connectivity index (χ1n) is 3.34. The van der Waals surface area contributed by atoms with Crippen molar-refractivity contribution in [2.75, 3.05) is 5.75 Å². The highest BCUT2D eigenvalue weighted by Gasteiger charge is 2.27. The Hall–Kier alpha value is -0.390. The predicted octanol–water partition coefficient (Wildman–Crippen LogP) is 2.49. The van der Waals surface area contributed by atoms with Gasteiger partial charge in [0.15, 0.2) is 0 Å². The minimum atomic E-state index is -4.19. The third kappa shape index (κ3) is 9.61. The Morgan fingerprint density at radius 2 is 1.92 bits per heavy atom. The summed E-state index contributed by atoms with van der Waals surface area (Å²) < 4.78 is 34.5. The lowest BCUT2D eigenvalue weighted by molar-refractivity contribution is -0.137. The quantitative estimate of drug-likeness (QED) is 0.696. The molecule has 0 fully saturated rings. The molecule has 0 aliphatic rings. The van der Waals surface area contributed by atoms with E-state index >= 15 is 0 Å². The molecule has 0 radical (unpaired) electrons. The van der Waals surface area contributed by atoms with Gasteiger partial charge < -0.3 is 5.11 Å². The number of carboxylic acids is 1. The van der Waals surface area contributed by atoms with Crippen LogP contribution in [0, 0.1) is 0 Å². The predicted molar refractivity (Wildman–Crippen MR) is 40.0 cm³/mol. The summed E-state index contributed by atoms with van der Waals surface area (Å²) in [7, 11) is 0. The molecule has 1 N–H and O–H groups in total. The molecule has 6 heteroatoms. The highest BCUT2D eigenvalue weighted by molar-refractivity contribution is 8.00. The molecule has 0 amide bonds. The van der Waals surface area contributed by atoms with Crippen molar-refractivity contribution in [1.82, 2.24) is 0 Å². The van der Waals surface area contributed by atoms with Crippen LogP contribution >= 0.6 is 11.8 Å². The first-order chi connectivity index (χ1) is 5.42. The third-order valence-electron chi connectivity index (χ3n) is 1.05. The molecule has 0 aromatic carbocycles. The van der Waals surface area contributed by atoms with Crippen LogP contribution in [-0.2, 0) is 4.79 Å². The molecule has 72 valence electrons. The number of carboxylic acid groups (broad SMARTS) is 1. The monoisotopic (exact) mass is 202 g/mol. The molecule has 0 bridgehead atoms. The summed E-state index contributed by atoms with van der Waals surface area (Å²) in [6.45, 7) is 0. The van der Waals surface area contributed by atoms with Crippen LogP contribution in [0.5, 0.6) is 0 Å². The summed E-state index contributed by atoms with van der Waals surface area (Å²) in [5, 5.41) is 8.14. The largest absolute Gasteiger partial charge is 0.481 e. The normalized spacial score (nSPS) is 11.6. The third-order valence-corrected chi connectivity index (χ3v) is 1.87. The fraction of sp³-hybridized carbons (Fsp3) is 0.833. The van der Waals surface area contributed by atoms with Gasteiger partial charge in [-0.15, -0.1) is 0 Å². The van der Waals surface area contributed by atoms with Crippen LogP contribution in [0.4, 0.5) is 13.2 Å². The van der Waals surface area contributed by atoms with E-state index in [1.54, 1.807) is 0 Å². The van der Waals surface area contributed by atoms with Gasteiger partial charge in [-0.3, -0.25) is 4.79 Å². The molecule has 0 saturated heterocycles. The lowest BCUT2D eigenvalue weighted by atomic mass is 10.3. The van der Waals surface area contributed by atoms with Crippen LogP contribution in [0.15, 0.2) is 0 Å². The molecule has 0 unspecified atom stereocenters. The van der Waals surface area contributed by atoms with Gasteiger partial charge in [0.1, 0.15) is 0 Å². The molecule has 0 heterocycles. The van der Waals surface area contributed by atoms with Gasteiger partial charge in [-0.05, 0) is 12.8 Å². The second-order valence-electron chi connectivity index (χ2n) is 2.15. The summed E-state index contributed by atoms with van der Waals surface area (Å²) in [5.74, 6) is -1.02. The first-order valence-corrected chi connectivity index (χ1v) is 4.33. The molecule has 0 saturated carbocycles. The Kier molecular flexibility index (Phi) is 5.12. The molecular formula is C6H9F3O2S. The zero-order chi connectivity index (χ0) is 9.61. The van der Waals surface area contributed by atoms with Crippen molar-refractivity contribution in [1.29, 1.82) is 0 Å². The maximum atomic E-state index is 11.5. The van der Waals surface area contributed by atoms with E-state index in [2.05, 4.69) is 0 Å². The summed E-state index contributed by atoms with van der Waals surface area (Å²) >= 11 is -0.108. The number of halogens is 3. The Bertz CT molecular complexity index is 146. The van der Waals surface area contributed by atoms with Gasteiger partial charge in [-0.25, -0.2) is 0 Å². The number of thioether (sulfide) groups is 1.